The molecule has 0 aliphatic rings. The highest BCUT2D eigenvalue weighted by Gasteiger charge is 2.27. The zero-order valence-electron chi connectivity index (χ0n) is 12.9. The molecule has 0 aromatic heterocycles. The van der Waals surface area contributed by atoms with E-state index in [1.54, 1.807) is 18.2 Å². The van der Waals surface area contributed by atoms with Crippen molar-refractivity contribution in [1.82, 2.24) is 0 Å². The topological polar surface area (TPSA) is 0 Å². The lowest BCUT2D eigenvalue weighted by Gasteiger charge is -2.24. The molecule has 0 radical (unpaired) electrons. The summed E-state index contributed by atoms with van der Waals surface area (Å²) in [6, 6.07) is 26.8. The zero-order chi connectivity index (χ0) is 17.0. The highest BCUT2D eigenvalue weighted by atomic mass is 32.2. The fraction of sp³-hybridized carbons (Fsp3) is 0.100. The van der Waals surface area contributed by atoms with E-state index < -0.39 is 23.5 Å². The molecule has 0 bridgehead atoms. The van der Waals surface area contributed by atoms with Gasteiger partial charge in [0.05, 0.1) is 6.42 Å². The lowest BCUT2D eigenvalue weighted by molar-refractivity contribution is -0.127. The van der Waals surface area contributed by atoms with E-state index in [2.05, 4.69) is 0 Å². The molecule has 0 atom stereocenters. The molecule has 0 heterocycles. The Hall–Kier alpha value is -2.20. The first-order valence-corrected chi connectivity index (χ1v) is 8.93. The zero-order valence-corrected chi connectivity index (χ0v) is 13.8. The standard InChI is InChI=1S/C20H17F3S/c21-20(22,23)15-16-8-7-13-19(14-16)24(17-9-3-1-4-10-17)18-11-5-2-6-12-18/h1-14,24H,15H2. The van der Waals surface area contributed by atoms with Crippen LogP contribution in [0.2, 0.25) is 0 Å². The van der Waals surface area contributed by atoms with Gasteiger partial charge in [-0.05, 0) is 56.6 Å². The molecule has 3 rings (SSSR count). The van der Waals surface area contributed by atoms with Crippen molar-refractivity contribution in [1.29, 1.82) is 0 Å². The molecule has 24 heavy (non-hydrogen) atoms. The van der Waals surface area contributed by atoms with Gasteiger partial charge in [-0.1, -0.05) is 48.5 Å². The van der Waals surface area contributed by atoms with E-state index in [0.29, 0.717) is 5.56 Å². The molecule has 124 valence electrons. The normalized spacial score (nSPS) is 12.0. The van der Waals surface area contributed by atoms with Gasteiger partial charge in [-0.2, -0.15) is 24.1 Å². The van der Waals surface area contributed by atoms with E-state index in [1.165, 1.54) is 0 Å². The molecule has 0 N–H and O–H groups in total. The second-order valence-corrected chi connectivity index (χ2v) is 7.69. The largest absolute Gasteiger partial charge is 0.393 e. The van der Waals surface area contributed by atoms with Crippen LogP contribution in [-0.4, -0.2) is 6.18 Å². The van der Waals surface area contributed by atoms with Gasteiger partial charge in [-0.15, -0.1) is 0 Å². The van der Waals surface area contributed by atoms with Crippen molar-refractivity contribution in [2.75, 3.05) is 0 Å². The molecule has 3 aromatic carbocycles. The number of rotatable bonds is 4. The summed E-state index contributed by atoms with van der Waals surface area (Å²) in [4.78, 5) is 3.19. The Labute approximate surface area is 142 Å². The van der Waals surface area contributed by atoms with Gasteiger partial charge in [0.1, 0.15) is 0 Å². The first kappa shape index (κ1) is 16.7. The predicted molar refractivity (Wildman–Crippen MR) is 92.9 cm³/mol. The van der Waals surface area contributed by atoms with Crippen LogP contribution in [-0.2, 0) is 6.42 Å². The van der Waals surface area contributed by atoms with E-state index in [1.807, 2.05) is 66.7 Å². The number of hydrogen-bond acceptors (Lipinski definition) is 0. The maximum absolute atomic E-state index is 12.7. The maximum Gasteiger partial charge on any atom is 0.393 e. The van der Waals surface area contributed by atoms with Crippen LogP contribution in [0.15, 0.2) is 99.6 Å². The van der Waals surface area contributed by atoms with Crippen LogP contribution in [0.5, 0.6) is 0 Å². The average molecular weight is 346 g/mol. The molecule has 0 unspecified atom stereocenters. The fourth-order valence-electron chi connectivity index (χ4n) is 2.64. The second kappa shape index (κ2) is 7.14. The minimum atomic E-state index is -4.19. The smallest absolute Gasteiger partial charge is 0.173 e. The minimum Gasteiger partial charge on any atom is -0.173 e. The summed E-state index contributed by atoms with van der Waals surface area (Å²) >= 11 is 0. The van der Waals surface area contributed by atoms with Crippen molar-refractivity contribution in [3.63, 3.8) is 0 Å². The lowest BCUT2D eigenvalue weighted by Crippen LogP contribution is -2.11. The van der Waals surface area contributed by atoms with Gasteiger partial charge in [0.2, 0.25) is 0 Å². The summed E-state index contributed by atoms with van der Waals surface area (Å²) in [7, 11) is -0.871. The SMILES string of the molecule is FC(F)(F)Cc1cccc([SH](c2ccccc2)c2ccccc2)c1. The molecule has 0 nitrogen and oxygen atoms in total. The Balaban J connectivity index is 2.05. The highest BCUT2D eigenvalue weighted by Crippen LogP contribution is 2.51. The van der Waals surface area contributed by atoms with E-state index in [0.717, 1.165) is 14.7 Å². The molecule has 4 heteroatoms. The Kier molecular flexibility index (Phi) is 4.95. The molecule has 0 aliphatic heterocycles. The quantitative estimate of drug-likeness (QED) is 0.529. The first-order valence-electron chi connectivity index (χ1n) is 7.59. The van der Waals surface area contributed by atoms with Crippen molar-refractivity contribution in [2.45, 2.75) is 27.3 Å². The van der Waals surface area contributed by atoms with Crippen molar-refractivity contribution in [3.8, 4) is 0 Å². The Morgan fingerprint density at radius 3 is 1.62 bits per heavy atom. The molecular formula is C20H17F3S. The number of benzene rings is 3. The van der Waals surface area contributed by atoms with Gasteiger partial charge >= 0.3 is 6.18 Å². The first-order chi connectivity index (χ1) is 11.5. The third kappa shape index (κ3) is 4.20. The number of alkyl halides is 3. The van der Waals surface area contributed by atoms with E-state index in [-0.39, 0.29) is 0 Å². The van der Waals surface area contributed by atoms with Crippen molar-refractivity contribution >= 4 is 10.9 Å². The van der Waals surface area contributed by atoms with Crippen LogP contribution in [0, 0.1) is 0 Å². The Bertz CT molecular complexity index is 743. The van der Waals surface area contributed by atoms with Crippen LogP contribution in [0.4, 0.5) is 13.2 Å². The van der Waals surface area contributed by atoms with Crippen molar-refractivity contribution in [3.05, 3.63) is 90.5 Å². The third-order valence-corrected chi connectivity index (χ3v) is 6.03. The van der Waals surface area contributed by atoms with Gasteiger partial charge in [0, 0.05) is 0 Å². The van der Waals surface area contributed by atoms with Crippen LogP contribution >= 0.6 is 10.9 Å². The minimum absolute atomic E-state index is 0.305. The number of thiol groups is 1. The molecule has 3 aromatic rings. The van der Waals surface area contributed by atoms with E-state index in [9.17, 15) is 13.2 Å². The Morgan fingerprint density at radius 1 is 0.625 bits per heavy atom. The van der Waals surface area contributed by atoms with Gasteiger partial charge in [0.15, 0.2) is 0 Å². The summed E-state index contributed by atoms with van der Waals surface area (Å²) in [5.41, 5.74) is 0.305. The molecule has 0 saturated heterocycles. The van der Waals surface area contributed by atoms with Gasteiger partial charge in [-0.3, -0.25) is 0 Å². The van der Waals surface area contributed by atoms with Crippen molar-refractivity contribution in [2.24, 2.45) is 0 Å². The van der Waals surface area contributed by atoms with E-state index in [4.69, 9.17) is 0 Å². The summed E-state index contributed by atoms with van der Waals surface area (Å²) in [5.74, 6) is 0. The molecular weight excluding hydrogens is 329 g/mol. The third-order valence-electron chi connectivity index (χ3n) is 3.60. The van der Waals surface area contributed by atoms with Crippen LogP contribution in [0.25, 0.3) is 0 Å². The highest BCUT2D eigenvalue weighted by molar-refractivity contribution is 8.17. The van der Waals surface area contributed by atoms with Crippen LogP contribution < -0.4 is 0 Å². The summed E-state index contributed by atoms with van der Waals surface area (Å²) in [5, 5.41) is 0. The average Bonchev–Trinajstić information content (AvgIpc) is 2.56. The Morgan fingerprint density at radius 2 is 1.12 bits per heavy atom. The molecule has 0 spiro atoms. The number of halogens is 3. The fourth-order valence-corrected chi connectivity index (χ4v) is 5.00. The molecule has 0 saturated carbocycles. The summed E-state index contributed by atoms with van der Waals surface area (Å²) in [6.07, 6.45) is -5.09. The van der Waals surface area contributed by atoms with Gasteiger partial charge in [-0.25, -0.2) is 0 Å². The summed E-state index contributed by atoms with van der Waals surface area (Å²) in [6.45, 7) is 0. The number of hydrogen-bond donors (Lipinski definition) is 1. The lowest BCUT2D eigenvalue weighted by atomic mass is 10.1. The van der Waals surface area contributed by atoms with Crippen LogP contribution in [0.3, 0.4) is 0 Å². The molecule has 0 amide bonds. The van der Waals surface area contributed by atoms with Gasteiger partial charge in [0.25, 0.3) is 0 Å². The predicted octanol–water partition coefficient (Wildman–Crippen LogP) is 6.27. The van der Waals surface area contributed by atoms with E-state index >= 15 is 0 Å². The van der Waals surface area contributed by atoms with Crippen LogP contribution in [0.1, 0.15) is 5.56 Å². The molecule has 0 fully saturated rings. The summed E-state index contributed by atoms with van der Waals surface area (Å²) < 4.78 is 38.2. The molecule has 0 aliphatic carbocycles. The monoisotopic (exact) mass is 346 g/mol. The van der Waals surface area contributed by atoms with Gasteiger partial charge < -0.3 is 0 Å². The maximum atomic E-state index is 12.7. The second-order valence-electron chi connectivity index (χ2n) is 5.47. The van der Waals surface area contributed by atoms with Crippen molar-refractivity contribution < 1.29 is 13.2 Å².